The summed E-state index contributed by atoms with van der Waals surface area (Å²) in [4.78, 5) is 50.1. The summed E-state index contributed by atoms with van der Waals surface area (Å²) in [5, 5.41) is 2.62. The average Bonchev–Trinajstić information content (AvgIpc) is 3.12. The van der Waals surface area contributed by atoms with E-state index in [-0.39, 0.29) is 18.9 Å². The first-order chi connectivity index (χ1) is 14.7. The molecule has 31 heavy (non-hydrogen) atoms. The summed E-state index contributed by atoms with van der Waals surface area (Å²) in [6, 6.07) is 11.7. The molecular formula is C23H25N3O5. The van der Waals surface area contributed by atoms with Crippen molar-refractivity contribution in [2.24, 2.45) is 11.7 Å². The van der Waals surface area contributed by atoms with E-state index in [9.17, 15) is 19.2 Å². The van der Waals surface area contributed by atoms with Crippen LogP contribution in [0.4, 0.5) is 11.4 Å². The van der Waals surface area contributed by atoms with Crippen LogP contribution in [0.25, 0.3) is 0 Å². The number of nitrogens with zero attached hydrogens (tertiary/aromatic N) is 1. The van der Waals surface area contributed by atoms with E-state index >= 15 is 0 Å². The summed E-state index contributed by atoms with van der Waals surface area (Å²) in [6.45, 7) is 5.58. The van der Waals surface area contributed by atoms with Crippen LogP contribution in [-0.2, 0) is 19.1 Å². The summed E-state index contributed by atoms with van der Waals surface area (Å²) in [5.74, 6) is -2.47. The quantitative estimate of drug-likeness (QED) is 0.691. The van der Waals surface area contributed by atoms with Crippen LogP contribution in [0.5, 0.6) is 0 Å². The number of benzene rings is 2. The highest BCUT2D eigenvalue weighted by atomic mass is 16.5. The highest BCUT2D eigenvalue weighted by Gasteiger charge is 2.37. The van der Waals surface area contributed by atoms with Gasteiger partial charge < -0.3 is 20.7 Å². The lowest BCUT2D eigenvalue weighted by molar-refractivity contribution is -0.157. The molecule has 0 saturated carbocycles. The van der Waals surface area contributed by atoms with Crippen LogP contribution >= 0.6 is 0 Å². The minimum Gasteiger partial charge on any atom is -0.452 e. The van der Waals surface area contributed by atoms with Gasteiger partial charge in [0.25, 0.3) is 5.91 Å². The molecule has 3 N–H and O–H groups in total. The van der Waals surface area contributed by atoms with Crippen LogP contribution in [0, 0.1) is 19.8 Å². The Balaban J connectivity index is 1.59. The predicted octanol–water partition coefficient (Wildman–Crippen LogP) is 2.33. The van der Waals surface area contributed by atoms with E-state index in [4.69, 9.17) is 10.5 Å². The van der Waals surface area contributed by atoms with Gasteiger partial charge in [-0.25, -0.2) is 0 Å². The third-order valence-electron chi connectivity index (χ3n) is 5.42. The van der Waals surface area contributed by atoms with Gasteiger partial charge in [-0.15, -0.1) is 0 Å². The molecule has 3 amide bonds. The number of hydrogen-bond donors (Lipinski definition) is 2. The van der Waals surface area contributed by atoms with Crippen LogP contribution in [0.1, 0.15) is 34.8 Å². The number of rotatable bonds is 6. The van der Waals surface area contributed by atoms with Crippen molar-refractivity contribution in [1.82, 2.24) is 0 Å². The largest absolute Gasteiger partial charge is 0.452 e. The molecule has 3 rings (SSSR count). The molecule has 1 aliphatic rings. The zero-order chi connectivity index (χ0) is 22.7. The topological polar surface area (TPSA) is 119 Å². The maximum Gasteiger partial charge on any atom is 0.312 e. The fourth-order valence-corrected chi connectivity index (χ4v) is 3.41. The van der Waals surface area contributed by atoms with Crippen molar-refractivity contribution >= 4 is 35.1 Å². The van der Waals surface area contributed by atoms with Crippen molar-refractivity contribution in [2.45, 2.75) is 33.3 Å². The number of nitrogens with one attached hydrogen (secondary N) is 1. The summed E-state index contributed by atoms with van der Waals surface area (Å²) in [6.07, 6.45) is -1.01. The van der Waals surface area contributed by atoms with E-state index in [0.717, 1.165) is 16.8 Å². The molecule has 2 atom stereocenters. The minimum atomic E-state index is -1.05. The number of carbonyl (C=O) groups is 4. The van der Waals surface area contributed by atoms with Crippen molar-refractivity contribution in [3.05, 3.63) is 59.2 Å². The zero-order valence-electron chi connectivity index (χ0n) is 17.7. The molecule has 1 fully saturated rings. The van der Waals surface area contributed by atoms with Crippen molar-refractivity contribution < 1.29 is 23.9 Å². The van der Waals surface area contributed by atoms with Gasteiger partial charge in [-0.1, -0.05) is 12.1 Å². The standard InChI is InChI=1S/C23H25N3O5/c1-13-5-4-6-19(14(13)2)26-12-17(11-20(26)27)23(30)31-15(3)22(29)25-18-9-7-16(8-10-18)21(24)28/h4-10,15,17H,11-12H2,1-3H3,(H2,24,28)(H,25,29)/t15-,17-/m0/s1. The second kappa shape index (κ2) is 8.99. The summed E-state index contributed by atoms with van der Waals surface area (Å²) < 4.78 is 5.31. The van der Waals surface area contributed by atoms with Crippen molar-refractivity contribution in [3.8, 4) is 0 Å². The van der Waals surface area contributed by atoms with E-state index < -0.39 is 29.8 Å². The molecule has 0 aromatic heterocycles. The Morgan fingerprint density at radius 2 is 1.81 bits per heavy atom. The highest BCUT2D eigenvalue weighted by molar-refractivity contribution is 6.01. The number of hydrogen-bond acceptors (Lipinski definition) is 5. The van der Waals surface area contributed by atoms with Gasteiger partial charge in [0.05, 0.1) is 5.92 Å². The number of nitrogens with two attached hydrogens (primary N) is 1. The van der Waals surface area contributed by atoms with Crippen LogP contribution in [0.2, 0.25) is 0 Å². The second-order valence-corrected chi connectivity index (χ2v) is 7.63. The van der Waals surface area contributed by atoms with E-state index in [1.807, 2.05) is 32.0 Å². The average molecular weight is 423 g/mol. The molecule has 0 bridgehead atoms. The lowest BCUT2D eigenvalue weighted by atomic mass is 10.1. The molecule has 2 aromatic carbocycles. The first-order valence-corrected chi connectivity index (χ1v) is 9.95. The Morgan fingerprint density at radius 3 is 2.45 bits per heavy atom. The molecule has 8 heteroatoms. The first kappa shape index (κ1) is 22.0. The maximum absolute atomic E-state index is 12.6. The Morgan fingerprint density at radius 1 is 1.13 bits per heavy atom. The predicted molar refractivity (Wildman–Crippen MR) is 116 cm³/mol. The Bertz CT molecular complexity index is 1030. The summed E-state index contributed by atoms with van der Waals surface area (Å²) in [7, 11) is 0. The minimum absolute atomic E-state index is 0.0368. The molecule has 2 aromatic rings. The van der Waals surface area contributed by atoms with Gasteiger partial charge in [0.2, 0.25) is 11.8 Å². The maximum atomic E-state index is 12.6. The fourth-order valence-electron chi connectivity index (χ4n) is 3.41. The Kier molecular flexibility index (Phi) is 6.39. The number of amides is 3. The van der Waals surface area contributed by atoms with E-state index in [0.29, 0.717) is 11.3 Å². The normalized spacial score (nSPS) is 16.7. The van der Waals surface area contributed by atoms with Gasteiger partial charge in [0.15, 0.2) is 6.10 Å². The fraction of sp³-hybridized carbons (Fsp3) is 0.304. The van der Waals surface area contributed by atoms with Gasteiger partial charge in [-0.3, -0.25) is 19.2 Å². The molecule has 0 spiro atoms. The van der Waals surface area contributed by atoms with E-state index in [1.54, 1.807) is 4.90 Å². The Labute approximate surface area is 180 Å². The molecule has 0 aliphatic carbocycles. The van der Waals surface area contributed by atoms with Crippen molar-refractivity contribution in [3.63, 3.8) is 0 Å². The first-order valence-electron chi connectivity index (χ1n) is 9.95. The summed E-state index contributed by atoms with van der Waals surface area (Å²) >= 11 is 0. The lowest BCUT2D eigenvalue weighted by Gasteiger charge is -2.20. The number of anilines is 2. The molecule has 1 saturated heterocycles. The van der Waals surface area contributed by atoms with Crippen LogP contribution in [0.15, 0.2) is 42.5 Å². The number of carbonyl (C=O) groups excluding carboxylic acids is 4. The van der Waals surface area contributed by atoms with Crippen molar-refractivity contribution in [1.29, 1.82) is 0 Å². The molecule has 0 radical (unpaired) electrons. The van der Waals surface area contributed by atoms with Gasteiger partial charge in [0.1, 0.15) is 0 Å². The molecule has 162 valence electrons. The number of aryl methyl sites for hydroxylation is 1. The third-order valence-corrected chi connectivity index (χ3v) is 5.42. The molecule has 1 aliphatic heterocycles. The molecule has 1 heterocycles. The van der Waals surface area contributed by atoms with Gasteiger partial charge in [-0.05, 0) is 62.2 Å². The van der Waals surface area contributed by atoms with Crippen LogP contribution in [0.3, 0.4) is 0 Å². The molecular weight excluding hydrogens is 398 g/mol. The van der Waals surface area contributed by atoms with Gasteiger partial charge in [0, 0.05) is 29.9 Å². The molecule has 0 unspecified atom stereocenters. The smallest absolute Gasteiger partial charge is 0.312 e. The van der Waals surface area contributed by atoms with Crippen LogP contribution in [-0.4, -0.2) is 36.3 Å². The number of ether oxygens (including phenoxy) is 1. The zero-order valence-corrected chi connectivity index (χ0v) is 17.7. The number of esters is 1. The second-order valence-electron chi connectivity index (χ2n) is 7.63. The number of primary amides is 1. The SMILES string of the molecule is Cc1cccc(N2C[C@@H](C(=O)O[C@@H](C)C(=O)Nc3ccc(C(N)=O)cc3)CC2=O)c1C. The summed E-state index contributed by atoms with van der Waals surface area (Å²) in [5.41, 5.74) is 8.77. The monoisotopic (exact) mass is 423 g/mol. The third kappa shape index (κ3) is 4.91. The Hall–Kier alpha value is -3.68. The van der Waals surface area contributed by atoms with Crippen LogP contribution < -0.4 is 16.0 Å². The van der Waals surface area contributed by atoms with E-state index in [2.05, 4.69) is 5.32 Å². The van der Waals surface area contributed by atoms with Gasteiger partial charge in [-0.2, -0.15) is 0 Å². The molecule has 8 nitrogen and oxygen atoms in total. The van der Waals surface area contributed by atoms with Gasteiger partial charge >= 0.3 is 5.97 Å². The highest BCUT2D eigenvalue weighted by Crippen LogP contribution is 2.30. The lowest BCUT2D eigenvalue weighted by Crippen LogP contribution is -2.33. The van der Waals surface area contributed by atoms with Crippen molar-refractivity contribution in [2.75, 3.05) is 16.8 Å². The van der Waals surface area contributed by atoms with E-state index in [1.165, 1.54) is 31.2 Å².